The number of hydrogen-bond acceptors (Lipinski definition) is 4. The van der Waals surface area contributed by atoms with Crippen LogP contribution in [0.3, 0.4) is 0 Å². The molecule has 0 unspecified atom stereocenters. The van der Waals surface area contributed by atoms with E-state index in [1.54, 1.807) is 30.3 Å². The molecule has 0 aromatic heterocycles. The summed E-state index contributed by atoms with van der Waals surface area (Å²) in [7, 11) is 0. The first-order valence-electron chi connectivity index (χ1n) is 6.51. The summed E-state index contributed by atoms with van der Waals surface area (Å²) < 4.78 is 13.8. The number of carboxylic acids is 1. The first kappa shape index (κ1) is 17.4. The number of fused-ring (bicyclic) bond motifs is 1. The van der Waals surface area contributed by atoms with Gasteiger partial charge in [0.1, 0.15) is 5.82 Å². The van der Waals surface area contributed by atoms with E-state index in [9.17, 15) is 9.18 Å². The van der Waals surface area contributed by atoms with Crippen molar-refractivity contribution < 1.29 is 14.3 Å². The number of hydrogen-bond donors (Lipinski definition) is 3. The molecule has 0 spiro atoms. The van der Waals surface area contributed by atoms with Gasteiger partial charge in [-0.1, -0.05) is 42.1 Å². The highest BCUT2D eigenvalue weighted by Gasteiger charge is 2.17. The summed E-state index contributed by atoms with van der Waals surface area (Å²) in [5, 5.41) is 25.5. The van der Waals surface area contributed by atoms with Gasteiger partial charge in [-0.15, -0.1) is 0 Å². The predicted molar refractivity (Wildman–Crippen MR) is 93.9 cm³/mol. The fourth-order valence-electron chi connectivity index (χ4n) is 2.07. The van der Waals surface area contributed by atoms with Gasteiger partial charge in [0.2, 0.25) is 0 Å². The maximum absolute atomic E-state index is 13.9. The molecule has 120 valence electrons. The van der Waals surface area contributed by atoms with Crippen molar-refractivity contribution in [1.82, 2.24) is 4.90 Å². The van der Waals surface area contributed by atoms with E-state index in [0.29, 0.717) is 10.8 Å². The number of halogens is 2. The molecule has 0 aliphatic heterocycles. The summed E-state index contributed by atoms with van der Waals surface area (Å²) in [5.74, 6) is -1.63. The molecule has 2 aromatic rings. The molecule has 0 aliphatic carbocycles. The molecule has 2 aromatic carbocycles. The molecule has 0 saturated carbocycles. The summed E-state index contributed by atoms with van der Waals surface area (Å²) >= 11 is 3.83. The van der Waals surface area contributed by atoms with E-state index in [1.165, 1.54) is 11.0 Å². The largest absolute Gasteiger partial charge is 0.481 e. The second-order valence-corrected chi connectivity index (χ2v) is 6.33. The van der Waals surface area contributed by atoms with E-state index in [2.05, 4.69) is 15.9 Å². The van der Waals surface area contributed by atoms with Crippen molar-refractivity contribution in [2.45, 2.75) is 6.54 Å². The number of nitrogens with zero attached hydrogens (tertiary/aromatic N) is 1. The third kappa shape index (κ3) is 4.29. The Morgan fingerprint density at radius 3 is 2.48 bits per heavy atom. The minimum atomic E-state index is -1.03. The lowest BCUT2D eigenvalue weighted by Crippen LogP contribution is -2.31. The minimum absolute atomic E-state index is 0.0613. The zero-order valence-corrected chi connectivity index (χ0v) is 14.2. The van der Waals surface area contributed by atoms with E-state index in [4.69, 9.17) is 15.9 Å². The molecule has 2 rings (SSSR count). The molecule has 0 atom stereocenters. The van der Waals surface area contributed by atoms with Gasteiger partial charge in [0.25, 0.3) is 0 Å². The standard InChI is InChI=1S/C15H13BrFN3O2S/c16-14(18)20(15(19)23-8-13(21)22)7-9-5-6-12(17)11-4-2-1-3-10(9)11/h1-6,18-19H,7-8H2,(H,21,22). The SMILES string of the molecule is N=C(Br)N(Cc1ccc(F)c2ccccc12)C(=N)SCC(=O)O. The minimum Gasteiger partial charge on any atom is -0.481 e. The zero-order valence-electron chi connectivity index (χ0n) is 11.8. The molecule has 0 saturated heterocycles. The third-order valence-corrected chi connectivity index (χ3v) is 4.42. The lowest BCUT2D eigenvalue weighted by Gasteiger charge is -2.22. The summed E-state index contributed by atoms with van der Waals surface area (Å²) in [6.45, 7) is 0.163. The van der Waals surface area contributed by atoms with Crippen molar-refractivity contribution in [1.29, 1.82) is 10.8 Å². The Balaban J connectivity index is 2.31. The molecule has 23 heavy (non-hydrogen) atoms. The third-order valence-electron chi connectivity index (χ3n) is 3.10. The molecule has 0 aliphatic rings. The summed E-state index contributed by atoms with van der Waals surface area (Å²) in [6.07, 6.45) is 0. The van der Waals surface area contributed by atoms with Crippen LogP contribution in [-0.2, 0) is 11.3 Å². The van der Waals surface area contributed by atoms with E-state index in [1.807, 2.05) is 0 Å². The van der Waals surface area contributed by atoms with Crippen LogP contribution in [0.25, 0.3) is 10.8 Å². The van der Waals surface area contributed by atoms with Gasteiger partial charge in [-0.25, -0.2) is 4.39 Å². The van der Waals surface area contributed by atoms with Gasteiger partial charge in [0, 0.05) is 5.39 Å². The van der Waals surface area contributed by atoms with Crippen LogP contribution in [0, 0.1) is 16.6 Å². The van der Waals surface area contributed by atoms with Gasteiger partial charge in [-0.2, -0.15) is 0 Å². The first-order chi connectivity index (χ1) is 10.9. The Morgan fingerprint density at radius 1 is 1.22 bits per heavy atom. The van der Waals surface area contributed by atoms with Crippen molar-refractivity contribution in [3.63, 3.8) is 0 Å². The topological polar surface area (TPSA) is 88.2 Å². The molecular formula is C15H13BrFN3O2S. The smallest absolute Gasteiger partial charge is 0.313 e. The number of amidine groups is 2. The van der Waals surface area contributed by atoms with Crippen LogP contribution >= 0.6 is 27.7 Å². The van der Waals surface area contributed by atoms with Crippen LogP contribution in [0.15, 0.2) is 36.4 Å². The van der Waals surface area contributed by atoms with Crippen molar-refractivity contribution in [3.05, 3.63) is 47.8 Å². The summed E-state index contributed by atoms with van der Waals surface area (Å²) in [4.78, 5) is 11.9. The van der Waals surface area contributed by atoms with E-state index < -0.39 is 5.97 Å². The monoisotopic (exact) mass is 397 g/mol. The summed E-state index contributed by atoms with van der Waals surface area (Å²) in [6, 6.07) is 9.93. The Bertz CT molecular complexity index is 784. The van der Waals surface area contributed by atoms with Gasteiger partial charge >= 0.3 is 5.97 Å². The maximum Gasteiger partial charge on any atom is 0.313 e. The number of nitrogens with one attached hydrogen (secondary N) is 2. The fourth-order valence-corrected chi connectivity index (χ4v) is 3.06. The average Bonchev–Trinajstić information content (AvgIpc) is 2.52. The quantitative estimate of drug-likeness (QED) is 0.415. The summed E-state index contributed by atoms with van der Waals surface area (Å²) in [5.41, 5.74) is 0.742. The van der Waals surface area contributed by atoms with E-state index in [0.717, 1.165) is 17.3 Å². The van der Waals surface area contributed by atoms with Crippen LogP contribution in [0.4, 0.5) is 4.39 Å². The molecule has 0 heterocycles. The van der Waals surface area contributed by atoms with Crippen molar-refractivity contribution in [3.8, 4) is 0 Å². The Morgan fingerprint density at radius 2 is 1.87 bits per heavy atom. The average molecular weight is 398 g/mol. The van der Waals surface area contributed by atoms with Crippen LogP contribution in [0.1, 0.15) is 5.56 Å². The number of benzene rings is 2. The zero-order chi connectivity index (χ0) is 17.0. The molecule has 0 amide bonds. The van der Waals surface area contributed by atoms with Crippen molar-refractivity contribution >= 4 is 54.3 Å². The number of aliphatic carboxylic acids is 1. The highest BCUT2D eigenvalue weighted by Crippen LogP contribution is 2.24. The van der Waals surface area contributed by atoms with Gasteiger partial charge in [0.05, 0.1) is 12.3 Å². The number of thioether (sulfide) groups is 1. The molecule has 0 radical (unpaired) electrons. The lowest BCUT2D eigenvalue weighted by atomic mass is 10.0. The molecule has 0 fully saturated rings. The molecule has 0 bridgehead atoms. The number of carboxylic acid groups (broad SMARTS) is 1. The van der Waals surface area contributed by atoms with Gasteiger partial charge in [-0.05, 0) is 32.9 Å². The van der Waals surface area contributed by atoms with Crippen LogP contribution < -0.4 is 0 Å². The highest BCUT2D eigenvalue weighted by molar-refractivity contribution is 9.18. The lowest BCUT2D eigenvalue weighted by molar-refractivity contribution is -0.133. The van der Waals surface area contributed by atoms with E-state index in [-0.39, 0.29) is 28.0 Å². The molecule has 3 N–H and O–H groups in total. The molecule has 5 nitrogen and oxygen atoms in total. The van der Waals surface area contributed by atoms with Gasteiger partial charge in [0.15, 0.2) is 9.91 Å². The first-order valence-corrected chi connectivity index (χ1v) is 8.29. The van der Waals surface area contributed by atoms with Crippen molar-refractivity contribution in [2.24, 2.45) is 0 Å². The van der Waals surface area contributed by atoms with Crippen molar-refractivity contribution in [2.75, 3.05) is 5.75 Å². The van der Waals surface area contributed by atoms with Gasteiger partial charge < -0.3 is 5.11 Å². The Labute approximate surface area is 144 Å². The second-order valence-electron chi connectivity index (χ2n) is 4.62. The molecular weight excluding hydrogens is 385 g/mol. The Hall–Kier alpha value is -1.93. The number of carbonyl (C=O) groups is 1. The number of rotatable bonds is 4. The maximum atomic E-state index is 13.9. The normalized spacial score (nSPS) is 10.5. The second kappa shape index (κ2) is 7.56. The van der Waals surface area contributed by atoms with Crippen LogP contribution in [0.5, 0.6) is 0 Å². The van der Waals surface area contributed by atoms with Crippen LogP contribution in [-0.4, -0.2) is 31.6 Å². The van der Waals surface area contributed by atoms with Crippen LogP contribution in [0.2, 0.25) is 0 Å². The van der Waals surface area contributed by atoms with E-state index >= 15 is 0 Å². The Kier molecular flexibility index (Phi) is 5.73. The molecule has 8 heteroatoms. The predicted octanol–water partition coefficient (Wildman–Crippen LogP) is 3.86. The highest BCUT2D eigenvalue weighted by atomic mass is 79.9. The van der Waals surface area contributed by atoms with Gasteiger partial charge in [-0.3, -0.25) is 20.5 Å². The fraction of sp³-hybridized carbons (Fsp3) is 0.133.